The molecule has 1 N–H and O–H groups in total. The predicted octanol–water partition coefficient (Wildman–Crippen LogP) is 2.68. The average molecular weight is 238 g/mol. The van der Waals surface area contributed by atoms with Crippen LogP contribution < -0.4 is 5.32 Å². The van der Waals surface area contributed by atoms with Crippen LogP contribution >= 0.6 is 0 Å². The first kappa shape index (κ1) is 14.2. The van der Waals surface area contributed by atoms with Gasteiger partial charge in [0.05, 0.1) is 6.04 Å². The van der Waals surface area contributed by atoms with Crippen molar-refractivity contribution in [2.75, 3.05) is 0 Å². The molecule has 0 bridgehead atoms. The fourth-order valence-corrected chi connectivity index (χ4v) is 2.12. The summed E-state index contributed by atoms with van der Waals surface area (Å²) in [6, 6.07) is 0.827. The molecule has 0 aliphatic heterocycles. The van der Waals surface area contributed by atoms with E-state index in [4.69, 9.17) is 0 Å². The maximum atomic E-state index is 4.15. The molecule has 1 aromatic heterocycles. The van der Waals surface area contributed by atoms with Crippen molar-refractivity contribution < 1.29 is 0 Å². The van der Waals surface area contributed by atoms with Crippen LogP contribution in [0.5, 0.6) is 0 Å². The molecule has 1 heterocycles. The van der Waals surface area contributed by atoms with Crippen LogP contribution in [0, 0.1) is 5.92 Å². The highest BCUT2D eigenvalue weighted by Gasteiger charge is 2.17. The summed E-state index contributed by atoms with van der Waals surface area (Å²) in [4.78, 5) is 0. The van der Waals surface area contributed by atoms with Gasteiger partial charge < -0.3 is 9.88 Å². The molecule has 1 aromatic rings. The number of aryl methyl sites for hydroxylation is 1. The van der Waals surface area contributed by atoms with Gasteiger partial charge >= 0.3 is 0 Å². The minimum Gasteiger partial charge on any atom is -0.319 e. The van der Waals surface area contributed by atoms with E-state index in [0.29, 0.717) is 6.04 Å². The molecule has 0 radical (unpaired) electrons. The van der Waals surface area contributed by atoms with E-state index >= 15 is 0 Å². The van der Waals surface area contributed by atoms with Crippen molar-refractivity contribution in [3.63, 3.8) is 0 Å². The standard InChI is InChI=1S/C13H26N4/c1-6-10(3)8-12(7-2)15-11(4)13-16-14-9-17(13)5/h9-12,15H,6-8H2,1-5H3. The summed E-state index contributed by atoms with van der Waals surface area (Å²) in [5.74, 6) is 1.78. The molecule has 1 rings (SSSR count). The Morgan fingerprint density at radius 3 is 2.47 bits per heavy atom. The minimum atomic E-state index is 0.261. The highest BCUT2D eigenvalue weighted by atomic mass is 15.3. The van der Waals surface area contributed by atoms with Crippen LogP contribution in [0.1, 0.15) is 58.8 Å². The number of nitrogens with one attached hydrogen (secondary N) is 1. The first-order valence-corrected chi connectivity index (χ1v) is 6.68. The van der Waals surface area contributed by atoms with E-state index in [0.717, 1.165) is 18.2 Å². The second-order valence-electron chi connectivity index (χ2n) is 5.04. The third-order valence-corrected chi connectivity index (χ3v) is 3.50. The average Bonchev–Trinajstić information content (AvgIpc) is 2.74. The van der Waals surface area contributed by atoms with Gasteiger partial charge in [-0.05, 0) is 25.7 Å². The van der Waals surface area contributed by atoms with Crippen molar-refractivity contribution >= 4 is 0 Å². The Morgan fingerprint density at radius 1 is 1.29 bits per heavy atom. The van der Waals surface area contributed by atoms with Crippen molar-refractivity contribution in [2.45, 2.75) is 59.0 Å². The van der Waals surface area contributed by atoms with Gasteiger partial charge in [0.25, 0.3) is 0 Å². The highest BCUT2D eigenvalue weighted by molar-refractivity contribution is 4.93. The molecule has 0 aliphatic rings. The Hall–Kier alpha value is -0.900. The van der Waals surface area contributed by atoms with Gasteiger partial charge in [0.2, 0.25) is 0 Å². The second kappa shape index (κ2) is 6.74. The minimum absolute atomic E-state index is 0.261. The zero-order chi connectivity index (χ0) is 12.8. The Morgan fingerprint density at radius 2 is 2.00 bits per heavy atom. The van der Waals surface area contributed by atoms with Crippen molar-refractivity contribution in [1.29, 1.82) is 0 Å². The maximum absolute atomic E-state index is 4.15. The van der Waals surface area contributed by atoms with Crippen molar-refractivity contribution in [3.05, 3.63) is 12.2 Å². The normalized spacial score (nSPS) is 16.8. The van der Waals surface area contributed by atoms with Gasteiger partial charge in [0.15, 0.2) is 0 Å². The van der Waals surface area contributed by atoms with Gasteiger partial charge in [0.1, 0.15) is 12.2 Å². The van der Waals surface area contributed by atoms with Gasteiger partial charge in [-0.15, -0.1) is 10.2 Å². The lowest BCUT2D eigenvalue weighted by Crippen LogP contribution is -2.33. The topological polar surface area (TPSA) is 42.7 Å². The lowest BCUT2D eigenvalue weighted by molar-refractivity contribution is 0.351. The quantitative estimate of drug-likeness (QED) is 0.794. The number of nitrogens with zero attached hydrogens (tertiary/aromatic N) is 3. The number of hydrogen-bond donors (Lipinski definition) is 1. The van der Waals surface area contributed by atoms with Gasteiger partial charge in [-0.3, -0.25) is 0 Å². The zero-order valence-corrected chi connectivity index (χ0v) is 11.8. The van der Waals surface area contributed by atoms with Gasteiger partial charge in [0, 0.05) is 13.1 Å². The molecule has 3 atom stereocenters. The summed E-state index contributed by atoms with van der Waals surface area (Å²) < 4.78 is 1.98. The molecule has 3 unspecified atom stereocenters. The van der Waals surface area contributed by atoms with E-state index in [1.807, 2.05) is 11.6 Å². The lowest BCUT2D eigenvalue weighted by atomic mass is 9.97. The van der Waals surface area contributed by atoms with Crippen LogP contribution in [-0.2, 0) is 7.05 Å². The van der Waals surface area contributed by atoms with E-state index < -0.39 is 0 Å². The third-order valence-electron chi connectivity index (χ3n) is 3.50. The van der Waals surface area contributed by atoms with Gasteiger partial charge in [-0.25, -0.2) is 0 Å². The largest absolute Gasteiger partial charge is 0.319 e. The van der Waals surface area contributed by atoms with Crippen LogP contribution in [0.15, 0.2) is 6.33 Å². The third kappa shape index (κ3) is 4.11. The van der Waals surface area contributed by atoms with Crippen molar-refractivity contribution in [3.8, 4) is 0 Å². The van der Waals surface area contributed by atoms with E-state index in [-0.39, 0.29) is 6.04 Å². The highest BCUT2D eigenvalue weighted by Crippen LogP contribution is 2.16. The Kier molecular flexibility index (Phi) is 5.62. The summed E-state index contributed by atoms with van der Waals surface area (Å²) in [7, 11) is 1.99. The van der Waals surface area contributed by atoms with E-state index in [2.05, 4.69) is 43.2 Å². The predicted molar refractivity (Wildman–Crippen MR) is 70.7 cm³/mol. The summed E-state index contributed by atoms with van der Waals surface area (Å²) in [5, 5.41) is 11.7. The SMILES string of the molecule is CCC(C)CC(CC)NC(C)c1nncn1C. The van der Waals surface area contributed by atoms with Crippen LogP contribution in [0.25, 0.3) is 0 Å². The molecule has 17 heavy (non-hydrogen) atoms. The molecule has 0 aliphatic carbocycles. The molecular weight excluding hydrogens is 212 g/mol. The second-order valence-corrected chi connectivity index (χ2v) is 5.04. The molecule has 0 saturated carbocycles. The summed E-state index contributed by atoms with van der Waals surface area (Å²) >= 11 is 0. The molecular formula is C13H26N4. The number of aromatic nitrogens is 3. The Bertz CT molecular complexity index is 321. The van der Waals surface area contributed by atoms with Crippen LogP contribution in [0.3, 0.4) is 0 Å². The summed E-state index contributed by atoms with van der Waals surface area (Å²) in [6.07, 6.45) is 5.39. The number of rotatable bonds is 7. The molecule has 0 amide bonds. The molecule has 4 nitrogen and oxygen atoms in total. The van der Waals surface area contributed by atoms with Crippen molar-refractivity contribution in [2.24, 2.45) is 13.0 Å². The van der Waals surface area contributed by atoms with E-state index in [1.165, 1.54) is 12.8 Å². The van der Waals surface area contributed by atoms with Crippen LogP contribution in [-0.4, -0.2) is 20.8 Å². The lowest BCUT2D eigenvalue weighted by Gasteiger charge is -2.24. The summed E-state index contributed by atoms with van der Waals surface area (Å²) in [5.41, 5.74) is 0. The van der Waals surface area contributed by atoms with Gasteiger partial charge in [-0.2, -0.15) is 0 Å². The fraction of sp³-hybridized carbons (Fsp3) is 0.846. The molecule has 0 aromatic carbocycles. The monoisotopic (exact) mass is 238 g/mol. The molecule has 0 saturated heterocycles. The Labute approximate surface area is 105 Å². The van der Waals surface area contributed by atoms with Crippen LogP contribution in [0.4, 0.5) is 0 Å². The Balaban J connectivity index is 2.53. The first-order valence-electron chi connectivity index (χ1n) is 6.68. The molecule has 4 heteroatoms. The fourth-order valence-electron chi connectivity index (χ4n) is 2.12. The molecule has 98 valence electrons. The zero-order valence-electron chi connectivity index (χ0n) is 11.8. The smallest absolute Gasteiger partial charge is 0.149 e. The van der Waals surface area contributed by atoms with E-state index in [1.54, 1.807) is 6.33 Å². The van der Waals surface area contributed by atoms with Crippen molar-refractivity contribution in [1.82, 2.24) is 20.1 Å². The number of hydrogen-bond acceptors (Lipinski definition) is 3. The molecule has 0 spiro atoms. The van der Waals surface area contributed by atoms with Crippen LogP contribution in [0.2, 0.25) is 0 Å². The van der Waals surface area contributed by atoms with E-state index in [9.17, 15) is 0 Å². The summed E-state index contributed by atoms with van der Waals surface area (Å²) in [6.45, 7) is 8.97. The first-order chi connectivity index (χ1) is 8.08. The van der Waals surface area contributed by atoms with Gasteiger partial charge in [-0.1, -0.05) is 27.2 Å². The maximum Gasteiger partial charge on any atom is 0.149 e. The molecule has 0 fully saturated rings.